The summed E-state index contributed by atoms with van der Waals surface area (Å²) in [5.41, 5.74) is 0. The highest BCUT2D eigenvalue weighted by molar-refractivity contribution is 7.99. The third-order valence-corrected chi connectivity index (χ3v) is 3.51. The van der Waals surface area contributed by atoms with Crippen LogP contribution in [0.4, 0.5) is 0 Å². The van der Waals surface area contributed by atoms with Gasteiger partial charge in [-0.1, -0.05) is 27.7 Å². The summed E-state index contributed by atoms with van der Waals surface area (Å²) in [4.78, 5) is 0. The lowest BCUT2D eigenvalue weighted by Crippen LogP contribution is -2.29. The van der Waals surface area contributed by atoms with Crippen molar-refractivity contribution in [2.75, 3.05) is 12.3 Å². The Morgan fingerprint density at radius 3 is 2.43 bits per heavy atom. The first-order valence-corrected chi connectivity index (χ1v) is 7.10. The molecule has 0 amide bonds. The first-order valence-electron chi connectivity index (χ1n) is 6.05. The van der Waals surface area contributed by atoms with E-state index in [4.69, 9.17) is 0 Å². The van der Waals surface area contributed by atoms with Crippen molar-refractivity contribution >= 4 is 11.8 Å². The van der Waals surface area contributed by atoms with Crippen LogP contribution in [0.3, 0.4) is 0 Å². The fourth-order valence-electron chi connectivity index (χ4n) is 1.45. The predicted molar refractivity (Wildman–Crippen MR) is 69.2 cm³/mol. The maximum atomic E-state index is 3.60. The van der Waals surface area contributed by atoms with Crippen molar-refractivity contribution in [3.8, 4) is 0 Å². The van der Waals surface area contributed by atoms with Gasteiger partial charge in [-0.3, -0.25) is 0 Å². The molecule has 1 unspecified atom stereocenters. The molecule has 0 radical (unpaired) electrons. The summed E-state index contributed by atoms with van der Waals surface area (Å²) >= 11 is 2.08. The van der Waals surface area contributed by atoms with Crippen LogP contribution >= 0.6 is 11.8 Å². The number of thioether (sulfide) groups is 1. The van der Waals surface area contributed by atoms with Gasteiger partial charge in [0.15, 0.2) is 0 Å². The van der Waals surface area contributed by atoms with Gasteiger partial charge in [-0.25, -0.2) is 0 Å². The molecule has 0 spiro atoms. The van der Waals surface area contributed by atoms with E-state index in [9.17, 15) is 0 Å². The zero-order valence-corrected chi connectivity index (χ0v) is 11.1. The summed E-state index contributed by atoms with van der Waals surface area (Å²) in [6, 6.07) is 0.753. The monoisotopic (exact) mass is 217 g/mol. The topological polar surface area (TPSA) is 12.0 Å². The van der Waals surface area contributed by atoms with E-state index in [1.807, 2.05) is 0 Å². The lowest BCUT2D eigenvalue weighted by atomic mass is 10.1. The van der Waals surface area contributed by atoms with Gasteiger partial charge in [-0.2, -0.15) is 11.8 Å². The summed E-state index contributed by atoms with van der Waals surface area (Å²) in [6.07, 6.45) is 5.22. The van der Waals surface area contributed by atoms with Crippen LogP contribution < -0.4 is 5.32 Å². The molecule has 14 heavy (non-hydrogen) atoms. The van der Waals surface area contributed by atoms with Crippen LogP contribution in [0.5, 0.6) is 0 Å². The second-order valence-corrected chi connectivity index (χ2v) is 5.81. The van der Waals surface area contributed by atoms with Crippen molar-refractivity contribution in [3.05, 3.63) is 0 Å². The van der Waals surface area contributed by atoms with E-state index in [0.717, 1.165) is 11.3 Å². The second kappa shape index (κ2) is 9.85. The lowest BCUT2D eigenvalue weighted by Gasteiger charge is -2.16. The minimum absolute atomic E-state index is 0.753. The molecule has 1 N–H and O–H groups in total. The van der Waals surface area contributed by atoms with Crippen LogP contribution in [-0.2, 0) is 0 Å². The normalized spacial score (nSPS) is 13.5. The molecule has 0 aromatic carbocycles. The molecule has 0 aliphatic carbocycles. The van der Waals surface area contributed by atoms with Crippen molar-refractivity contribution in [2.24, 2.45) is 0 Å². The number of rotatable bonds is 9. The fourth-order valence-corrected chi connectivity index (χ4v) is 2.25. The van der Waals surface area contributed by atoms with Crippen LogP contribution in [0.15, 0.2) is 0 Å². The number of hydrogen-bond acceptors (Lipinski definition) is 2. The fraction of sp³-hybridized carbons (Fsp3) is 1.00. The van der Waals surface area contributed by atoms with Crippen LogP contribution in [-0.4, -0.2) is 23.6 Å². The minimum atomic E-state index is 0.753. The molecule has 0 bridgehead atoms. The molecule has 1 nitrogen and oxygen atoms in total. The molecule has 2 heteroatoms. The molecule has 86 valence electrons. The molecule has 0 fully saturated rings. The minimum Gasteiger partial charge on any atom is -0.314 e. The lowest BCUT2D eigenvalue weighted by molar-refractivity contribution is 0.465. The summed E-state index contributed by atoms with van der Waals surface area (Å²) in [5, 5.41) is 4.39. The van der Waals surface area contributed by atoms with Gasteiger partial charge in [0.2, 0.25) is 0 Å². The molecule has 0 aromatic heterocycles. The molecule has 0 aromatic rings. The quantitative estimate of drug-likeness (QED) is 0.591. The maximum absolute atomic E-state index is 3.60. The summed E-state index contributed by atoms with van der Waals surface area (Å²) in [5.74, 6) is 1.32. The van der Waals surface area contributed by atoms with Gasteiger partial charge < -0.3 is 5.32 Å². The average Bonchev–Trinajstić information content (AvgIpc) is 2.16. The first kappa shape index (κ1) is 14.3. The van der Waals surface area contributed by atoms with E-state index in [0.29, 0.717) is 0 Å². The summed E-state index contributed by atoms with van der Waals surface area (Å²) in [7, 11) is 0. The van der Waals surface area contributed by atoms with Crippen LogP contribution in [0, 0.1) is 0 Å². The van der Waals surface area contributed by atoms with E-state index in [-0.39, 0.29) is 0 Å². The molecule has 0 aliphatic heterocycles. The highest BCUT2D eigenvalue weighted by Gasteiger charge is 2.04. The average molecular weight is 217 g/mol. The SMILES string of the molecule is CCCNC(CC)CCCSC(C)C. The van der Waals surface area contributed by atoms with Crippen molar-refractivity contribution in [1.29, 1.82) is 0 Å². The molecule has 0 heterocycles. The van der Waals surface area contributed by atoms with Crippen molar-refractivity contribution in [3.63, 3.8) is 0 Å². The molecular formula is C12H27NS. The Hall–Kier alpha value is 0.310. The summed E-state index contributed by atoms with van der Waals surface area (Å²) < 4.78 is 0. The Balaban J connectivity index is 3.33. The molecular weight excluding hydrogens is 190 g/mol. The Kier molecular flexibility index (Phi) is 10.1. The Morgan fingerprint density at radius 2 is 1.93 bits per heavy atom. The number of hydrogen-bond donors (Lipinski definition) is 1. The molecule has 0 saturated carbocycles. The van der Waals surface area contributed by atoms with E-state index in [1.54, 1.807) is 0 Å². The smallest absolute Gasteiger partial charge is 0.00647 e. The summed E-state index contributed by atoms with van der Waals surface area (Å²) in [6.45, 7) is 10.2. The Morgan fingerprint density at radius 1 is 1.21 bits per heavy atom. The van der Waals surface area contributed by atoms with Gasteiger partial charge in [0.05, 0.1) is 0 Å². The zero-order chi connectivity index (χ0) is 10.8. The van der Waals surface area contributed by atoms with Crippen molar-refractivity contribution in [2.45, 2.75) is 64.7 Å². The maximum Gasteiger partial charge on any atom is 0.00647 e. The predicted octanol–water partition coefficient (Wildman–Crippen LogP) is 3.69. The van der Waals surface area contributed by atoms with Gasteiger partial charge in [-0.15, -0.1) is 0 Å². The Bertz CT molecular complexity index is 115. The third-order valence-electron chi connectivity index (χ3n) is 2.32. The third kappa shape index (κ3) is 8.89. The van der Waals surface area contributed by atoms with Gasteiger partial charge in [0, 0.05) is 6.04 Å². The van der Waals surface area contributed by atoms with Gasteiger partial charge >= 0.3 is 0 Å². The number of nitrogens with one attached hydrogen (secondary N) is 1. The largest absolute Gasteiger partial charge is 0.314 e. The van der Waals surface area contributed by atoms with E-state index < -0.39 is 0 Å². The van der Waals surface area contributed by atoms with Crippen LogP contribution in [0.1, 0.15) is 53.4 Å². The molecule has 1 atom stereocenters. The van der Waals surface area contributed by atoms with Gasteiger partial charge in [-0.05, 0) is 43.2 Å². The molecule has 0 saturated heterocycles. The first-order chi connectivity index (χ1) is 6.70. The second-order valence-electron chi connectivity index (χ2n) is 4.12. The van der Waals surface area contributed by atoms with Crippen LogP contribution in [0.25, 0.3) is 0 Å². The Labute approximate surface area is 94.4 Å². The zero-order valence-electron chi connectivity index (χ0n) is 10.3. The van der Waals surface area contributed by atoms with Crippen molar-refractivity contribution < 1.29 is 0 Å². The van der Waals surface area contributed by atoms with Crippen molar-refractivity contribution in [1.82, 2.24) is 5.32 Å². The van der Waals surface area contributed by atoms with E-state index in [2.05, 4.69) is 44.8 Å². The molecule has 0 aliphatic rings. The standard InChI is InChI=1S/C12H27NS/c1-5-9-13-12(6-2)8-7-10-14-11(3)4/h11-13H,5-10H2,1-4H3. The highest BCUT2D eigenvalue weighted by atomic mass is 32.2. The highest BCUT2D eigenvalue weighted by Crippen LogP contribution is 2.13. The molecule has 0 rings (SSSR count). The van der Waals surface area contributed by atoms with Crippen LogP contribution in [0.2, 0.25) is 0 Å². The van der Waals surface area contributed by atoms with Gasteiger partial charge in [0.1, 0.15) is 0 Å². The van der Waals surface area contributed by atoms with Gasteiger partial charge in [0.25, 0.3) is 0 Å². The van der Waals surface area contributed by atoms with E-state index in [1.165, 1.54) is 38.0 Å². The van der Waals surface area contributed by atoms with E-state index >= 15 is 0 Å².